The second-order valence-corrected chi connectivity index (χ2v) is 8.06. The van der Waals surface area contributed by atoms with Crippen molar-refractivity contribution in [3.63, 3.8) is 0 Å². The highest BCUT2D eigenvalue weighted by atomic mass is 32.2. The van der Waals surface area contributed by atoms with E-state index in [0.717, 1.165) is 0 Å². The largest absolute Gasteiger partial charge is 0.394 e. The molecule has 0 unspecified atom stereocenters. The van der Waals surface area contributed by atoms with Gasteiger partial charge in [0.2, 0.25) is 0 Å². The molecule has 1 aliphatic heterocycles. The summed E-state index contributed by atoms with van der Waals surface area (Å²) in [5.41, 5.74) is 4.11. The molecule has 1 fully saturated rings. The molecule has 2 aromatic carbocycles. The predicted octanol–water partition coefficient (Wildman–Crippen LogP) is 5.83. The van der Waals surface area contributed by atoms with Crippen LogP contribution in [0.4, 0.5) is 5.69 Å². The van der Waals surface area contributed by atoms with Gasteiger partial charge < -0.3 is 10.0 Å². The summed E-state index contributed by atoms with van der Waals surface area (Å²) in [5, 5.41) is 8.06. The van der Waals surface area contributed by atoms with Gasteiger partial charge in [-0.05, 0) is 70.7 Å². The number of nitrogens with zero attached hydrogens (tertiary/aromatic N) is 1. The number of piperidine rings is 1. The lowest BCUT2D eigenvalue weighted by molar-refractivity contribution is 0.216. The van der Waals surface area contributed by atoms with Crippen molar-refractivity contribution in [1.82, 2.24) is 0 Å². The first-order valence-corrected chi connectivity index (χ1v) is 10.1. The van der Waals surface area contributed by atoms with Gasteiger partial charge in [-0.1, -0.05) is 41.6 Å². The molecule has 1 aliphatic rings. The Kier molecular flexibility index (Phi) is 7.86. The van der Waals surface area contributed by atoms with E-state index in [9.17, 15) is 0 Å². The normalized spacial score (nSPS) is 14.2. The van der Waals surface area contributed by atoms with E-state index in [0.29, 0.717) is 0 Å². The average molecular weight is 358 g/mol. The maximum atomic E-state index is 8.06. The van der Waals surface area contributed by atoms with Crippen LogP contribution in [0.2, 0.25) is 0 Å². The molecule has 25 heavy (non-hydrogen) atoms. The summed E-state index contributed by atoms with van der Waals surface area (Å²) >= 11 is 1.90. The van der Waals surface area contributed by atoms with Crippen LogP contribution in [0.15, 0.2) is 52.3 Å². The Morgan fingerprint density at radius 3 is 2.20 bits per heavy atom. The molecule has 2 nitrogen and oxygen atoms in total. The first-order valence-electron chi connectivity index (χ1n) is 9.24. The lowest BCUT2D eigenvalue weighted by atomic mass is 10.1. The van der Waals surface area contributed by atoms with Crippen molar-refractivity contribution in [2.75, 3.05) is 18.0 Å². The topological polar surface area (TPSA) is 23.5 Å². The van der Waals surface area contributed by atoms with Crippen LogP contribution in [0.25, 0.3) is 0 Å². The molecular formula is C22H31NOS. The zero-order valence-electron chi connectivity index (χ0n) is 16.0. The highest BCUT2D eigenvalue weighted by Crippen LogP contribution is 2.37. The van der Waals surface area contributed by atoms with Gasteiger partial charge in [-0.3, -0.25) is 0 Å². The minimum atomic E-state index is -0.167. The van der Waals surface area contributed by atoms with Crippen molar-refractivity contribution in [3.8, 4) is 0 Å². The van der Waals surface area contributed by atoms with Crippen LogP contribution in [-0.4, -0.2) is 24.3 Å². The fourth-order valence-corrected chi connectivity index (χ4v) is 4.01. The maximum absolute atomic E-state index is 8.06. The van der Waals surface area contributed by atoms with E-state index in [-0.39, 0.29) is 6.10 Å². The molecule has 0 bridgehead atoms. The minimum absolute atomic E-state index is 0.167. The van der Waals surface area contributed by atoms with Gasteiger partial charge in [-0.25, -0.2) is 0 Å². The number of aliphatic hydroxyl groups excluding tert-OH is 1. The van der Waals surface area contributed by atoms with Crippen molar-refractivity contribution < 1.29 is 5.11 Å². The molecule has 136 valence electrons. The molecule has 0 aliphatic carbocycles. The standard InChI is InChI=1S/C19H23NS.C3H8O/c1-15-10-11-18(16(2)14-15)21-19-9-5-4-8-17(19)20-12-6-3-7-13-20;1-3(2)4/h4-5,8-11,14H,3,6-7,12-13H2,1-2H3;3-4H,1-2H3. The zero-order chi connectivity index (χ0) is 18.2. The average Bonchev–Trinajstić information content (AvgIpc) is 2.58. The highest BCUT2D eigenvalue weighted by molar-refractivity contribution is 7.99. The van der Waals surface area contributed by atoms with Crippen molar-refractivity contribution in [3.05, 3.63) is 53.6 Å². The predicted molar refractivity (Wildman–Crippen MR) is 110 cm³/mol. The zero-order valence-corrected chi connectivity index (χ0v) is 16.8. The van der Waals surface area contributed by atoms with E-state index in [1.807, 2.05) is 11.8 Å². The molecule has 2 aromatic rings. The Balaban J connectivity index is 0.000000511. The molecule has 3 rings (SSSR count). The van der Waals surface area contributed by atoms with Gasteiger partial charge in [-0.2, -0.15) is 0 Å². The van der Waals surface area contributed by atoms with Crippen LogP contribution < -0.4 is 4.90 Å². The Hall–Kier alpha value is -1.45. The first kappa shape index (κ1) is 19.9. The molecule has 3 heteroatoms. The van der Waals surface area contributed by atoms with E-state index in [1.165, 1.54) is 59.0 Å². The fourth-order valence-electron chi connectivity index (χ4n) is 2.97. The SMILES string of the molecule is CC(C)O.Cc1ccc(Sc2ccccc2N2CCCCC2)c(C)c1. The van der Waals surface area contributed by atoms with Crippen LogP contribution in [0.1, 0.15) is 44.2 Å². The summed E-state index contributed by atoms with van der Waals surface area (Å²) in [5.74, 6) is 0. The fraction of sp³-hybridized carbons (Fsp3) is 0.455. The van der Waals surface area contributed by atoms with Crippen molar-refractivity contribution in [1.29, 1.82) is 0 Å². The third-order valence-corrected chi connectivity index (χ3v) is 5.36. The van der Waals surface area contributed by atoms with Crippen LogP contribution in [-0.2, 0) is 0 Å². The molecular weight excluding hydrogens is 326 g/mol. The summed E-state index contributed by atoms with van der Waals surface area (Å²) in [4.78, 5) is 5.30. The highest BCUT2D eigenvalue weighted by Gasteiger charge is 2.15. The number of para-hydroxylation sites is 1. The summed E-state index contributed by atoms with van der Waals surface area (Å²) in [7, 11) is 0. The lowest BCUT2D eigenvalue weighted by Crippen LogP contribution is -2.29. The third kappa shape index (κ3) is 6.41. The molecule has 1 heterocycles. The van der Waals surface area contributed by atoms with Gasteiger partial charge in [0.05, 0.1) is 5.69 Å². The van der Waals surface area contributed by atoms with Crippen LogP contribution >= 0.6 is 11.8 Å². The van der Waals surface area contributed by atoms with E-state index in [1.54, 1.807) is 13.8 Å². The second-order valence-electron chi connectivity index (χ2n) is 6.98. The van der Waals surface area contributed by atoms with Gasteiger partial charge in [0, 0.05) is 29.0 Å². The number of hydrogen-bond acceptors (Lipinski definition) is 3. The van der Waals surface area contributed by atoms with E-state index < -0.39 is 0 Å². The number of anilines is 1. The summed E-state index contributed by atoms with van der Waals surface area (Å²) in [6.45, 7) is 10.2. The van der Waals surface area contributed by atoms with E-state index in [2.05, 4.69) is 61.2 Å². The number of rotatable bonds is 3. The van der Waals surface area contributed by atoms with Crippen molar-refractivity contribution in [2.24, 2.45) is 0 Å². The summed E-state index contributed by atoms with van der Waals surface area (Å²) in [6.07, 6.45) is 3.86. The maximum Gasteiger partial charge on any atom is 0.0508 e. The molecule has 0 saturated carbocycles. The minimum Gasteiger partial charge on any atom is -0.394 e. The number of aryl methyl sites for hydroxylation is 2. The first-order chi connectivity index (χ1) is 12.0. The van der Waals surface area contributed by atoms with Crippen molar-refractivity contribution in [2.45, 2.75) is 62.9 Å². The van der Waals surface area contributed by atoms with Crippen LogP contribution in [0, 0.1) is 13.8 Å². The van der Waals surface area contributed by atoms with Gasteiger partial charge in [0.15, 0.2) is 0 Å². The third-order valence-electron chi connectivity index (χ3n) is 4.11. The Morgan fingerprint density at radius 1 is 0.920 bits per heavy atom. The van der Waals surface area contributed by atoms with Gasteiger partial charge >= 0.3 is 0 Å². The molecule has 1 saturated heterocycles. The summed E-state index contributed by atoms with van der Waals surface area (Å²) < 4.78 is 0. The van der Waals surface area contributed by atoms with E-state index in [4.69, 9.17) is 5.11 Å². The Labute approximate surface area is 157 Å². The number of aliphatic hydroxyl groups is 1. The van der Waals surface area contributed by atoms with Crippen molar-refractivity contribution >= 4 is 17.4 Å². The molecule has 0 amide bonds. The van der Waals surface area contributed by atoms with Gasteiger partial charge in [-0.15, -0.1) is 0 Å². The summed E-state index contributed by atoms with van der Waals surface area (Å²) in [6, 6.07) is 15.6. The molecule has 0 radical (unpaired) electrons. The molecule has 0 aromatic heterocycles. The molecule has 0 atom stereocenters. The lowest BCUT2D eigenvalue weighted by Gasteiger charge is -2.30. The number of hydrogen-bond donors (Lipinski definition) is 1. The monoisotopic (exact) mass is 357 g/mol. The smallest absolute Gasteiger partial charge is 0.0508 e. The molecule has 0 spiro atoms. The quantitative estimate of drug-likeness (QED) is 0.747. The molecule has 1 N–H and O–H groups in total. The Morgan fingerprint density at radius 2 is 1.56 bits per heavy atom. The van der Waals surface area contributed by atoms with Gasteiger partial charge in [0.25, 0.3) is 0 Å². The Bertz CT molecular complexity index is 660. The second kappa shape index (κ2) is 9.88. The van der Waals surface area contributed by atoms with Gasteiger partial charge in [0.1, 0.15) is 0 Å². The number of benzene rings is 2. The van der Waals surface area contributed by atoms with E-state index >= 15 is 0 Å². The van der Waals surface area contributed by atoms with Crippen LogP contribution in [0.5, 0.6) is 0 Å². The van der Waals surface area contributed by atoms with Crippen LogP contribution in [0.3, 0.4) is 0 Å².